The van der Waals surface area contributed by atoms with Gasteiger partial charge in [-0.2, -0.15) is 0 Å². The molecule has 0 bridgehead atoms. The molecule has 0 unspecified atom stereocenters. The van der Waals surface area contributed by atoms with Crippen molar-refractivity contribution in [3.8, 4) is 0 Å². The number of allylic oxidation sites excluding steroid dienone is 1. The molecular formula is C29H58O2SiSn. The topological polar surface area (TPSA) is 26.3 Å². The number of ketones is 1. The van der Waals surface area contributed by atoms with E-state index in [1.165, 1.54) is 71.1 Å². The number of carbonyl (C=O) groups excluding carboxylic acids is 1. The van der Waals surface area contributed by atoms with Crippen molar-refractivity contribution < 1.29 is 9.22 Å². The third kappa shape index (κ3) is 10.5. The van der Waals surface area contributed by atoms with Crippen LogP contribution in [0.1, 0.15) is 119 Å². The minimum absolute atomic E-state index is 0.238. The van der Waals surface area contributed by atoms with Crippen molar-refractivity contribution in [1.82, 2.24) is 0 Å². The summed E-state index contributed by atoms with van der Waals surface area (Å²) in [4.78, 5) is 13.5. The normalized spacial score (nSPS) is 16.9. The van der Waals surface area contributed by atoms with Gasteiger partial charge >= 0.3 is 214 Å². The van der Waals surface area contributed by atoms with E-state index in [0.717, 1.165) is 25.9 Å². The Kier molecular flexibility index (Phi) is 14.7. The van der Waals surface area contributed by atoms with Gasteiger partial charge in [0, 0.05) is 0 Å². The fraction of sp³-hybridized carbons (Fsp3) is 0.897. The molecule has 1 saturated carbocycles. The van der Waals surface area contributed by atoms with Gasteiger partial charge < -0.3 is 0 Å². The first kappa shape index (κ1) is 31.4. The summed E-state index contributed by atoms with van der Waals surface area (Å²) in [6.45, 7) is 19.6. The minimum atomic E-state index is -2.64. The Bertz CT molecular complexity index is 563. The predicted octanol–water partition coefficient (Wildman–Crippen LogP) is 9.86. The van der Waals surface area contributed by atoms with E-state index >= 15 is 0 Å². The Morgan fingerprint density at radius 2 is 1.39 bits per heavy atom. The zero-order chi connectivity index (χ0) is 25.0. The van der Waals surface area contributed by atoms with Gasteiger partial charge in [0.25, 0.3) is 0 Å². The maximum atomic E-state index is 13.5. The molecule has 1 aliphatic carbocycles. The van der Waals surface area contributed by atoms with E-state index in [0.29, 0.717) is 11.7 Å². The first-order valence-corrected chi connectivity index (χ1v) is 24.8. The predicted molar refractivity (Wildman–Crippen MR) is 152 cm³/mol. The van der Waals surface area contributed by atoms with Crippen molar-refractivity contribution >= 4 is 32.5 Å². The number of unbranched alkanes of at least 4 members (excludes halogenated alkanes) is 3. The van der Waals surface area contributed by atoms with Crippen molar-refractivity contribution in [3.63, 3.8) is 0 Å². The monoisotopic (exact) mass is 586 g/mol. The molecule has 0 heterocycles. The maximum absolute atomic E-state index is 13.5. The van der Waals surface area contributed by atoms with Crippen LogP contribution in [0, 0.1) is 5.92 Å². The molecule has 0 aromatic carbocycles. The average Bonchev–Trinajstić information content (AvgIpc) is 2.78. The molecule has 0 N–H and O–H groups in total. The van der Waals surface area contributed by atoms with E-state index < -0.39 is 26.7 Å². The summed E-state index contributed by atoms with van der Waals surface area (Å²) in [6, 6.07) is 0. The van der Waals surface area contributed by atoms with Crippen LogP contribution in [0.5, 0.6) is 0 Å². The van der Waals surface area contributed by atoms with Crippen molar-refractivity contribution in [2.24, 2.45) is 5.92 Å². The number of hydrogen-bond donors (Lipinski definition) is 0. The summed E-state index contributed by atoms with van der Waals surface area (Å²) in [5, 5.41) is 0.238. The van der Waals surface area contributed by atoms with Crippen molar-refractivity contribution in [1.29, 1.82) is 0 Å². The van der Waals surface area contributed by atoms with Crippen LogP contribution in [-0.2, 0) is 9.22 Å². The summed E-state index contributed by atoms with van der Waals surface area (Å²) in [5.74, 6) is 0.769. The van der Waals surface area contributed by atoms with Gasteiger partial charge in [-0.25, -0.2) is 0 Å². The van der Waals surface area contributed by atoms with Gasteiger partial charge in [-0.15, -0.1) is 0 Å². The van der Waals surface area contributed by atoms with Crippen LogP contribution in [0.3, 0.4) is 0 Å². The molecule has 0 amide bonds. The van der Waals surface area contributed by atoms with E-state index in [1.807, 2.05) is 0 Å². The second kappa shape index (κ2) is 15.5. The van der Waals surface area contributed by atoms with Gasteiger partial charge in [-0.05, 0) is 0 Å². The van der Waals surface area contributed by atoms with Crippen LogP contribution >= 0.6 is 0 Å². The first-order valence-electron chi connectivity index (χ1n) is 14.4. The van der Waals surface area contributed by atoms with Gasteiger partial charge in [0.15, 0.2) is 0 Å². The van der Waals surface area contributed by atoms with Crippen LogP contribution in [0.15, 0.2) is 9.67 Å². The van der Waals surface area contributed by atoms with Gasteiger partial charge in [0.05, 0.1) is 0 Å². The molecule has 0 aliphatic heterocycles. The molecule has 0 radical (unpaired) electrons. The molecule has 4 heteroatoms. The fourth-order valence-corrected chi connectivity index (χ4v) is 23.0. The molecule has 1 fully saturated rings. The SMILES string of the molecule is CCC[CH2][Sn]([CH2]CCC)([CH2]CCC)/[C](=C\C(=O)C1CCCCC1)CCO[Si](C)(C)C(C)(C)C. The van der Waals surface area contributed by atoms with Crippen LogP contribution in [0.2, 0.25) is 31.4 Å². The third-order valence-electron chi connectivity index (χ3n) is 8.67. The van der Waals surface area contributed by atoms with Crippen molar-refractivity contribution in [2.75, 3.05) is 6.61 Å². The van der Waals surface area contributed by atoms with Crippen molar-refractivity contribution in [2.45, 2.75) is 150 Å². The second-order valence-corrected chi connectivity index (χ2v) is 30.6. The zero-order valence-electron chi connectivity index (χ0n) is 23.8. The summed E-state index contributed by atoms with van der Waals surface area (Å²) in [5.41, 5.74) is 0. The summed E-state index contributed by atoms with van der Waals surface area (Å²) in [7, 11) is -1.77. The molecule has 0 saturated heterocycles. The molecule has 194 valence electrons. The Morgan fingerprint density at radius 3 is 1.82 bits per heavy atom. The first-order chi connectivity index (χ1) is 15.5. The fourth-order valence-electron chi connectivity index (χ4n) is 5.20. The molecule has 33 heavy (non-hydrogen) atoms. The van der Waals surface area contributed by atoms with E-state index in [-0.39, 0.29) is 5.04 Å². The molecule has 0 spiro atoms. The van der Waals surface area contributed by atoms with Crippen LogP contribution in [-0.4, -0.2) is 39.1 Å². The summed E-state index contributed by atoms with van der Waals surface area (Å²) in [6.07, 6.45) is 17.2. The van der Waals surface area contributed by atoms with Gasteiger partial charge in [0.1, 0.15) is 0 Å². The quantitative estimate of drug-likeness (QED) is 0.133. The Labute approximate surface area is 213 Å². The molecule has 0 aromatic rings. The molecule has 1 aliphatic rings. The van der Waals surface area contributed by atoms with Crippen molar-refractivity contribution in [3.05, 3.63) is 9.67 Å². The van der Waals surface area contributed by atoms with E-state index in [1.54, 1.807) is 3.59 Å². The summed E-state index contributed by atoms with van der Waals surface area (Å²) >= 11 is -2.64. The molecule has 0 atom stereocenters. The standard InChI is InChI=1S/C17H31O2Si.3C4H9.Sn/c1-17(2,3)20(4,5)19-14-10-9-13-16(18)15-11-7-6-8-12-15;3*1-3-4-2;/h13,15H,6-8,10-12,14H2,1-5H3;3*1,3-4H2,2H3;. The van der Waals surface area contributed by atoms with Gasteiger partial charge in [0.2, 0.25) is 0 Å². The van der Waals surface area contributed by atoms with E-state index in [2.05, 4.69) is 60.7 Å². The Morgan fingerprint density at radius 1 is 0.909 bits per heavy atom. The number of hydrogen-bond acceptors (Lipinski definition) is 2. The van der Waals surface area contributed by atoms with Gasteiger partial charge in [-0.3, -0.25) is 0 Å². The third-order valence-corrected chi connectivity index (χ3v) is 29.4. The Hall–Kier alpha value is 0.386. The number of carbonyl (C=O) groups is 1. The molecule has 2 nitrogen and oxygen atoms in total. The van der Waals surface area contributed by atoms with Crippen LogP contribution < -0.4 is 0 Å². The van der Waals surface area contributed by atoms with E-state index in [9.17, 15) is 4.79 Å². The summed E-state index contributed by atoms with van der Waals surface area (Å²) < 4.78 is 12.6. The van der Waals surface area contributed by atoms with Gasteiger partial charge in [-0.1, -0.05) is 0 Å². The zero-order valence-corrected chi connectivity index (χ0v) is 27.6. The van der Waals surface area contributed by atoms with Crippen LogP contribution in [0.25, 0.3) is 0 Å². The number of rotatable bonds is 16. The average molecular weight is 586 g/mol. The Balaban J connectivity index is 3.26. The molecular weight excluding hydrogens is 527 g/mol. The van der Waals surface area contributed by atoms with Crippen LogP contribution in [0.4, 0.5) is 0 Å². The second-order valence-electron chi connectivity index (χ2n) is 12.4. The molecule has 0 aromatic heterocycles. The van der Waals surface area contributed by atoms with E-state index in [4.69, 9.17) is 4.43 Å². The molecule has 1 rings (SSSR count).